The number of carbonyl (C=O) groups excluding carboxylic acids is 1. The molecular weight excluding hydrogens is 270 g/mol. The first-order valence-electron chi connectivity index (χ1n) is 6.41. The lowest BCUT2D eigenvalue weighted by atomic mass is 10.1. The van der Waals surface area contributed by atoms with Crippen molar-refractivity contribution in [1.29, 1.82) is 0 Å². The van der Waals surface area contributed by atoms with Crippen molar-refractivity contribution in [3.8, 4) is 0 Å². The van der Waals surface area contributed by atoms with E-state index in [9.17, 15) is 9.59 Å². The first-order chi connectivity index (χ1) is 10.2. The number of hydrogen-bond donors (Lipinski definition) is 0. The van der Waals surface area contributed by atoms with Gasteiger partial charge in [-0.15, -0.1) is 5.10 Å². The molecular formula is C15H13N3O3. The third-order valence-corrected chi connectivity index (χ3v) is 3.23. The van der Waals surface area contributed by atoms with E-state index < -0.39 is 5.97 Å². The van der Waals surface area contributed by atoms with Crippen LogP contribution in [0.1, 0.15) is 15.9 Å². The number of carbonyl (C=O) groups is 1. The SMILES string of the molecule is COC(=O)c1ccccc1Cn1nc2ccccn2c1=O. The van der Waals surface area contributed by atoms with Crippen molar-refractivity contribution < 1.29 is 9.53 Å². The van der Waals surface area contributed by atoms with Crippen LogP contribution in [0.3, 0.4) is 0 Å². The van der Waals surface area contributed by atoms with Gasteiger partial charge in [-0.2, -0.15) is 0 Å². The van der Waals surface area contributed by atoms with Crippen LogP contribution in [0, 0.1) is 0 Å². The van der Waals surface area contributed by atoms with E-state index in [0.717, 1.165) is 0 Å². The molecule has 6 heteroatoms. The fourth-order valence-electron chi connectivity index (χ4n) is 2.20. The number of pyridine rings is 1. The highest BCUT2D eigenvalue weighted by atomic mass is 16.5. The molecule has 0 aliphatic heterocycles. The van der Waals surface area contributed by atoms with Gasteiger partial charge in [0.15, 0.2) is 5.65 Å². The summed E-state index contributed by atoms with van der Waals surface area (Å²) in [5.41, 5.74) is 1.45. The zero-order valence-electron chi connectivity index (χ0n) is 11.4. The molecule has 3 aromatic rings. The number of aromatic nitrogens is 3. The third-order valence-electron chi connectivity index (χ3n) is 3.23. The predicted octanol–water partition coefficient (Wildman–Crippen LogP) is 1.33. The summed E-state index contributed by atoms with van der Waals surface area (Å²) >= 11 is 0. The summed E-state index contributed by atoms with van der Waals surface area (Å²) < 4.78 is 7.54. The zero-order valence-corrected chi connectivity index (χ0v) is 11.4. The van der Waals surface area contributed by atoms with E-state index in [-0.39, 0.29) is 12.2 Å². The average Bonchev–Trinajstić information content (AvgIpc) is 2.84. The molecule has 0 aliphatic carbocycles. The maximum absolute atomic E-state index is 12.2. The van der Waals surface area contributed by atoms with Gasteiger partial charge in [0.25, 0.3) is 0 Å². The molecule has 0 bridgehead atoms. The maximum atomic E-state index is 12.2. The van der Waals surface area contributed by atoms with Crippen molar-refractivity contribution in [2.24, 2.45) is 0 Å². The van der Waals surface area contributed by atoms with Crippen LogP contribution in [0.25, 0.3) is 5.65 Å². The Hall–Kier alpha value is -2.89. The molecule has 0 spiro atoms. The smallest absolute Gasteiger partial charge is 0.350 e. The summed E-state index contributed by atoms with van der Waals surface area (Å²) in [6, 6.07) is 12.3. The van der Waals surface area contributed by atoms with E-state index in [1.54, 1.807) is 36.5 Å². The zero-order chi connectivity index (χ0) is 14.8. The second kappa shape index (κ2) is 5.24. The van der Waals surface area contributed by atoms with Crippen LogP contribution in [0.15, 0.2) is 53.5 Å². The molecule has 0 radical (unpaired) electrons. The van der Waals surface area contributed by atoms with Crippen molar-refractivity contribution in [1.82, 2.24) is 14.2 Å². The van der Waals surface area contributed by atoms with Gasteiger partial charge in [0, 0.05) is 6.20 Å². The van der Waals surface area contributed by atoms with Crippen molar-refractivity contribution in [3.63, 3.8) is 0 Å². The fraction of sp³-hybridized carbons (Fsp3) is 0.133. The Morgan fingerprint density at radius 2 is 1.95 bits per heavy atom. The van der Waals surface area contributed by atoms with Gasteiger partial charge in [0.2, 0.25) is 0 Å². The molecule has 2 aromatic heterocycles. The number of ether oxygens (including phenoxy) is 1. The third kappa shape index (κ3) is 2.31. The lowest BCUT2D eigenvalue weighted by Gasteiger charge is -2.06. The van der Waals surface area contributed by atoms with Crippen molar-refractivity contribution in [2.75, 3.05) is 7.11 Å². The Labute approximate surface area is 120 Å². The highest BCUT2D eigenvalue weighted by Gasteiger charge is 2.13. The van der Waals surface area contributed by atoms with Crippen LogP contribution in [0.5, 0.6) is 0 Å². The molecule has 0 aliphatic rings. The van der Waals surface area contributed by atoms with E-state index >= 15 is 0 Å². The van der Waals surface area contributed by atoms with Gasteiger partial charge in [-0.3, -0.25) is 4.40 Å². The van der Waals surface area contributed by atoms with Crippen LogP contribution < -0.4 is 5.69 Å². The van der Waals surface area contributed by atoms with Crippen molar-refractivity contribution in [2.45, 2.75) is 6.54 Å². The molecule has 6 nitrogen and oxygen atoms in total. The van der Waals surface area contributed by atoms with E-state index in [2.05, 4.69) is 5.10 Å². The Morgan fingerprint density at radius 1 is 1.19 bits per heavy atom. The number of rotatable bonds is 3. The number of benzene rings is 1. The van der Waals surface area contributed by atoms with Gasteiger partial charge in [-0.1, -0.05) is 24.3 Å². The first-order valence-corrected chi connectivity index (χ1v) is 6.41. The molecule has 2 heterocycles. The van der Waals surface area contributed by atoms with Gasteiger partial charge in [-0.05, 0) is 23.8 Å². The number of nitrogens with zero attached hydrogens (tertiary/aromatic N) is 3. The Bertz CT molecular complexity index is 864. The molecule has 1 aromatic carbocycles. The largest absolute Gasteiger partial charge is 0.465 e. The lowest BCUT2D eigenvalue weighted by molar-refractivity contribution is 0.0599. The Balaban J connectivity index is 2.05. The predicted molar refractivity (Wildman–Crippen MR) is 76.3 cm³/mol. The lowest BCUT2D eigenvalue weighted by Crippen LogP contribution is -2.22. The molecule has 0 N–H and O–H groups in total. The molecule has 0 atom stereocenters. The normalized spacial score (nSPS) is 10.7. The van der Waals surface area contributed by atoms with Crippen LogP contribution in [-0.2, 0) is 11.3 Å². The van der Waals surface area contributed by atoms with Crippen LogP contribution >= 0.6 is 0 Å². The summed E-state index contributed by atoms with van der Waals surface area (Å²) in [6.45, 7) is 0.214. The average molecular weight is 283 g/mol. The number of esters is 1. The number of methoxy groups -OCH3 is 1. The molecule has 106 valence electrons. The number of hydrogen-bond acceptors (Lipinski definition) is 4. The van der Waals surface area contributed by atoms with Crippen LogP contribution in [0.4, 0.5) is 0 Å². The summed E-state index contributed by atoms with van der Waals surface area (Å²) in [4.78, 5) is 24.0. The maximum Gasteiger partial charge on any atom is 0.350 e. The second-order valence-corrected chi connectivity index (χ2v) is 4.52. The molecule has 3 rings (SSSR count). The van der Waals surface area contributed by atoms with Crippen LogP contribution in [0.2, 0.25) is 0 Å². The highest BCUT2D eigenvalue weighted by Crippen LogP contribution is 2.11. The minimum atomic E-state index is -0.428. The standard InChI is InChI=1S/C15H13N3O3/c1-21-14(19)12-7-3-2-6-11(12)10-18-15(20)17-9-5-4-8-13(17)16-18/h2-9H,10H2,1H3. The van der Waals surface area contributed by atoms with Gasteiger partial charge in [-0.25, -0.2) is 14.3 Å². The Kier molecular flexibility index (Phi) is 3.27. The molecule has 0 saturated heterocycles. The Morgan fingerprint density at radius 3 is 2.71 bits per heavy atom. The summed E-state index contributed by atoms with van der Waals surface area (Å²) in [6.07, 6.45) is 1.66. The number of fused-ring (bicyclic) bond motifs is 1. The molecule has 0 saturated carbocycles. The van der Waals surface area contributed by atoms with E-state index in [1.807, 2.05) is 12.1 Å². The van der Waals surface area contributed by atoms with Gasteiger partial charge in [0.1, 0.15) is 0 Å². The second-order valence-electron chi connectivity index (χ2n) is 4.52. The summed E-state index contributed by atoms with van der Waals surface area (Å²) in [5.74, 6) is -0.428. The minimum absolute atomic E-state index is 0.214. The van der Waals surface area contributed by atoms with Crippen molar-refractivity contribution in [3.05, 3.63) is 70.3 Å². The minimum Gasteiger partial charge on any atom is -0.465 e. The molecule has 0 fully saturated rings. The molecule has 0 unspecified atom stereocenters. The summed E-state index contributed by atoms with van der Waals surface area (Å²) in [5, 5.41) is 4.25. The van der Waals surface area contributed by atoms with Gasteiger partial charge in [0.05, 0.1) is 19.2 Å². The van der Waals surface area contributed by atoms with Crippen molar-refractivity contribution >= 4 is 11.6 Å². The fourth-order valence-corrected chi connectivity index (χ4v) is 2.20. The van der Waals surface area contributed by atoms with Gasteiger partial charge >= 0.3 is 11.7 Å². The van der Waals surface area contributed by atoms with E-state index in [1.165, 1.54) is 16.2 Å². The monoisotopic (exact) mass is 283 g/mol. The topological polar surface area (TPSA) is 65.6 Å². The quantitative estimate of drug-likeness (QED) is 0.680. The summed E-state index contributed by atoms with van der Waals surface area (Å²) in [7, 11) is 1.33. The molecule has 21 heavy (non-hydrogen) atoms. The highest BCUT2D eigenvalue weighted by molar-refractivity contribution is 5.90. The molecule has 0 amide bonds. The first kappa shape index (κ1) is 13.1. The van der Waals surface area contributed by atoms with E-state index in [4.69, 9.17) is 4.74 Å². The van der Waals surface area contributed by atoms with Crippen LogP contribution in [-0.4, -0.2) is 27.3 Å². The van der Waals surface area contributed by atoms with E-state index in [0.29, 0.717) is 16.8 Å². The van der Waals surface area contributed by atoms with Gasteiger partial charge < -0.3 is 4.74 Å².